The van der Waals surface area contributed by atoms with Crippen molar-refractivity contribution in [1.82, 2.24) is 0 Å². The second kappa shape index (κ2) is 20.2. The summed E-state index contributed by atoms with van der Waals surface area (Å²) in [6.45, 7) is 2.27. The molecule has 0 amide bonds. The summed E-state index contributed by atoms with van der Waals surface area (Å²) in [6, 6.07) is 0. The van der Waals surface area contributed by atoms with E-state index in [1.54, 1.807) is 0 Å². The van der Waals surface area contributed by atoms with Gasteiger partial charge in [0.1, 0.15) is 0 Å². The third kappa shape index (κ3) is 23.9. The maximum Gasteiger partial charge on any atom is 0.264 e. The average Bonchev–Trinajstić information content (AvgIpc) is 2.63. The molecule has 0 saturated carbocycles. The maximum atomic E-state index is 10.6. The number of hydrogen-bond donors (Lipinski definition) is 2. The average molecular weight is 421 g/mol. The summed E-state index contributed by atoms with van der Waals surface area (Å²) in [5.41, 5.74) is 0. The molecule has 0 aliphatic rings. The molecule has 0 saturated heterocycles. The summed E-state index contributed by atoms with van der Waals surface area (Å²) in [6.07, 6.45) is 23.7. The molecule has 0 bridgehead atoms. The van der Waals surface area contributed by atoms with E-state index in [0.717, 1.165) is 32.1 Å². The molecule has 0 aliphatic carbocycles. The summed E-state index contributed by atoms with van der Waals surface area (Å²) in [7, 11) is -3.83. The first-order chi connectivity index (χ1) is 13.5. The van der Waals surface area contributed by atoms with Gasteiger partial charge in [-0.15, -0.1) is 0 Å². The molecule has 4 nitrogen and oxygen atoms in total. The number of hydrogen-bond acceptors (Lipinski definition) is 3. The Labute approximate surface area is 175 Å². The minimum absolute atomic E-state index is 0.165. The van der Waals surface area contributed by atoms with Crippen LogP contribution >= 0.6 is 0 Å². The Morgan fingerprint density at radius 1 is 0.571 bits per heavy atom. The van der Waals surface area contributed by atoms with Crippen LogP contribution in [0.1, 0.15) is 135 Å². The van der Waals surface area contributed by atoms with Crippen molar-refractivity contribution in [1.29, 1.82) is 0 Å². The lowest BCUT2D eigenvalue weighted by Crippen LogP contribution is -2.07. The van der Waals surface area contributed by atoms with Crippen LogP contribution in [0.15, 0.2) is 0 Å². The lowest BCUT2D eigenvalue weighted by Gasteiger charge is -2.10. The molecule has 0 radical (unpaired) electrons. The van der Waals surface area contributed by atoms with Crippen LogP contribution in [0.25, 0.3) is 0 Å². The monoisotopic (exact) mass is 420 g/mol. The summed E-state index contributed by atoms with van der Waals surface area (Å²) in [4.78, 5) is 0. The van der Waals surface area contributed by atoms with E-state index >= 15 is 0 Å². The predicted molar refractivity (Wildman–Crippen MR) is 120 cm³/mol. The zero-order valence-electron chi connectivity index (χ0n) is 18.5. The number of aliphatic hydroxyl groups excluding tert-OH is 1. The first-order valence-corrected chi connectivity index (χ1v) is 13.7. The second-order valence-electron chi connectivity index (χ2n) is 8.53. The van der Waals surface area contributed by atoms with E-state index in [2.05, 4.69) is 6.92 Å². The summed E-state index contributed by atoms with van der Waals surface area (Å²) >= 11 is 0. The van der Waals surface area contributed by atoms with Gasteiger partial charge in [0.15, 0.2) is 0 Å². The second-order valence-corrected chi connectivity index (χ2v) is 10.1. The lowest BCUT2D eigenvalue weighted by atomic mass is 10.0. The minimum atomic E-state index is -3.83. The molecule has 0 aromatic heterocycles. The van der Waals surface area contributed by atoms with Crippen LogP contribution in [-0.2, 0) is 10.1 Å². The van der Waals surface area contributed by atoms with E-state index in [1.165, 1.54) is 89.9 Å². The normalized spacial score (nSPS) is 13.1. The van der Waals surface area contributed by atoms with Crippen LogP contribution in [0, 0.1) is 0 Å². The molecular formula is C23H48O4S. The van der Waals surface area contributed by atoms with Crippen molar-refractivity contribution in [2.45, 2.75) is 141 Å². The molecule has 0 aromatic rings. The van der Waals surface area contributed by atoms with E-state index in [4.69, 9.17) is 4.55 Å². The fraction of sp³-hybridized carbons (Fsp3) is 1.00. The van der Waals surface area contributed by atoms with Crippen molar-refractivity contribution >= 4 is 10.1 Å². The van der Waals surface area contributed by atoms with Crippen molar-refractivity contribution in [3.63, 3.8) is 0 Å². The Morgan fingerprint density at radius 2 is 0.893 bits per heavy atom. The Bertz CT molecular complexity index is 409. The van der Waals surface area contributed by atoms with Gasteiger partial charge in [-0.05, 0) is 19.3 Å². The summed E-state index contributed by atoms with van der Waals surface area (Å²) in [5.74, 6) is -0.165. The largest absolute Gasteiger partial charge is 0.393 e. The Kier molecular flexibility index (Phi) is 20.1. The molecular weight excluding hydrogens is 372 g/mol. The highest BCUT2D eigenvalue weighted by Gasteiger charge is 2.06. The third-order valence-electron chi connectivity index (χ3n) is 5.58. The Balaban J connectivity index is 3.18. The fourth-order valence-electron chi connectivity index (χ4n) is 3.74. The number of unbranched alkanes of at least 4 members (excludes halogenated alkanes) is 16. The van der Waals surface area contributed by atoms with E-state index in [0.29, 0.717) is 6.42 Å². The standard InChI is InChI=1S/C23H48O4S/c1-2-3-4-5-6-7-8-9-10-11-12-13-14-15-17-20-23(24)21-18-16-19-22-28(25,26)27/h23-24H,2-22H2,1H3,(H,25,26,27). The molecule has 1 unspecified atom stereocenters. The molecule has 0 fully saturated rings. The van der Waals surface area contributed by atoms with Gasteiger partial charge < -0.3 is 5.11 Å². The van der Waals surface area contributed by atoms with E-state index in [-0.39, 0.29) is 11.9 Å². The van der Waals surface area contributed by atoms with E-state index in [1.807, 2.05) is 0 Å². The van der Waals surface area contributed by atoms with Crippen LogP contribution < -0.4 is 0 Å². The topological polar surface area (TPSA) is 74.6 Å². The molecule has 1 atom stereocenters. The van der Waals surface area contributed by atoms with Crippen LogP contribution in [-0.4, -0.2) is 29.9 Å². The smallest absolute Gasteiger partial charge is 0.264 e. The molecule has 0 aliphatic heterocycles. The first kappa shape index (κ1) is 27.9. The van der Waals surface area contributed by atoms with Gasteiger partial charge >= 0.3 is 0 Å². The highest BCUT2D eigenvalue weighted by atomic mass is 32.2. The Morgan fingerprint density at radius 3 is 1.25 bits per heavy atom. The molecule has 0 rings (SSSR count). The zero-order valence-corrected chi connectivity index (χ0v) is 19.4. The van der Waals surface area contributed by atoms with Gasteiger partial charge in [-0.3, -0.25) is 4.55 Å². The highest BCUT2D eigenvalue weighted by Crippen LogP contribution is 2.15. The quantitative estimate of drug-likeness (QED) is 0.145. The summed E-state index contributed by atoms with van der Waals surface area (Å²) < 4.78 is 29.9. The van der Waals surface area contributed by atoms with Crippen LogP contribution in [0.3, 0.4) is 0 Å². The van der Waals surface area contributed by atoms with Crippen molar-refractivity contribution in [2.75, 3.05) is 5.75 Å². The van der Waals surface area contributed by atoms with Crippen LogP contribution in [0.2, 0.25) is 0 Å². The summed E-state index contributed by atoms with van der Waals surface area (Å²) in [5, 5.41) is 9.94. The third-order valence-corrected chi connectivity index (χ3v) is 6.39. The number of rotatable bonds is 22. The van der Waals surface area contributed by atoms with Crippen LogP contribution in [0.4, 0.5) is 0 Å². The Hall–Kier alpha value is -0.130. The lowest BCUT2D eigenvalue weighted by molar-refractivity contribution is 0.147. The minimum Gasteiger partial charge on any atom is -0.393 e. The number of aliphatic hydroxyl groups is 1. The molecule has 170 valence electrons. The molecule has 28 heavy (non-hydrogen) atoms. The van der Waals surface area contributed by atoms with Crippen molar-refractivity contribution < 1.29 is 18.1 Å². The van der Waals surface area contributed by atoms with Gasteiger partial charge in [0, 0.05) is 0 Å². The van der Waals surface area contributed by atoms with E-state index < -0.39 is 10.1 Å². The molecule has 0 aromatic carbocycles. The first-order valence-electron chi connectivity index (χ1n) is 12.1. The van der Waals surface area contributed by atoms with Gasteiger partial charge in [0.05, 0.1) is 11.9 Å². The molecule has 0 heterocycles. The van der Waals surface area contributed by atoms with Gasteiger partial charge in [-0.25, -0.2) is 0 Å². The van der Waals surface area contributed by atoms with Gasteiger partial charge in [0.25, 0.3) is 10.1 Å². The zero-order chi connectivity index (χ0) is 20.9. The predicted octanol–water partition coefficient (Wildman–Crippen LogP) is 7.06. The molecule has 5 heteroatoms. The SMILES string of the molecule is CCCCCCCCCCCCCCCCCC(O)CCCCCS(=O)(=O)O. The maximum absolute atomic E-state index is 10.6. The van der Waals surface area contributed by atoms with Gasteiger partial charge in [-0.1, -0.05) is 116 Å². The fourth-order valence-corrected chi connectivity index (χ4v) is 4.31. The van der Waals surface area contributed by atoms with E-state index in [9.17, 15) is 13.5 Å². The molecule has 2 N–H and O–H groups in total. The van der Waals surface area contributed by atoms with Gasteiger partial charge in [-0.2, -0.15) is 8.42 Å². The van der Waals surface area contributed by atoms with Crippen LogP contribution in [0.5, 0.6) is 0 Å². The van der Waals surface area contributed by atoms with Gasteiger partial charge in [0.2, 0.25) is 0 Å². The van der Waals surface area contributed by atoms with Crippen molar-refractivity contribution in [3.8, 4) is 0 Å². The van der Waals surface area contributed by atoms with Crippen molar-refractivity contribution in [2.24, 2.45) is 0 Å². The highest BCUT2D eigenvalue weighted by molar-refractivity contribution is 7.85. The van der Waals surface area contributed by atoms with Crippen molar-refractivity contribution in [3.05, 3.63) is 0 Å². The molecule has 0 spiro atoms.